The van der Waals surface area contributed by atoms with E-state index in [1.807, 2.05) is 54.6 Å². The van der Waals surface area contributed by atoms with Gasteiger partial charge in [0.2, 0.25) is 0 Å². The first-order chi connectivity index (χ1) is 15.1. The summed E-state index contributed by atoms with van der Waals surface area (Å²) in [6.07, 6.45) is 0.540. The van der Waals surface area contributed by atoms with E-state index in [4.69, 9.17) is 4.74 Å². The first-order valence-electron chi connectivity index (χ1n) is 10.2. The molecule has 0 atom stereocenters. The van der Waals surface area contributed by atoms with Crippen LogP contribution < -0.4 is 15.9 Å². The molecule has 4 heteroatoms. The fourth-order valence-electron chi connectivity index (χ4n) is 4.20. The summed E-state index contributed by atoms with van der Waals surface area (Å²) < 4.78 is 20.0. The van der Waals surface area contributed by atoms with E-state index < -0.39 is 13.2 Å². The first kappa shape index (κ1) is 21.0. The molecule has 4 rings (SSSR count). The number of carbonyl (C=O) groups excluding carboxylic acids is 1. The van der Waals surface area contributed by atoms with E-state index in [2.05, 4.69) is 36.4 Å². The van der Waals surface area contributed by atoms with Crippen LogP contribution in [0.4, 0.5) is 4.39 Å². The summed E-state index contributed by atoms with van der Waals surface area (Å²) in [5, 5.41) is 3.64. The minimum absolute atomic E-state index is 0.218. The number of hydrogen-bond donors (Lipinski definition) is 0. The van der Waals surface area contributed by atoms with Crippen molar-refractivity contribution in [1.82, 2.24) is 0 Å². The fourth-order valence-corrected chi connectivity index (χ4v) is 8.95. The quantitative estimate of drug-likeness (QED) is 0.323. The van der Waals surface area contributed by atoms with Gasteiger partial charge in [0.1, 0.15) is 0 Å². The molecule has 0 saturated carbocycles. The van der Waals surface area contributed by atoms with Crippen LogP contribution in [0.25, 0.3) is 0 Å². The van der Waals surface area contributed by atoms with Gasteiger partial charge in [0.25, 0.3) is 0 Å². The third-order valence-electron chi connectivity index (χ3n) is 5.73. The van der Waals surface area contributed by atoms with E-state index in [-0.39, 0.29) is 11.4 Å². The summed E-state index contributed by atoms with van der Waals surface area (Å²) in [4.78, 5) is 11.8. The molecule has 4 aromatic rings. The third kappa shape index (κ3) is 4.15. The Labute approximate surface area is 182 Å². The molecular weight excluding hydrogens is 406 g/mol. The predicted octanol–water partition coefficient (Wildman–Crippen LogP) is 4.84. The SMILES string of the molecule is COC(=O)c1ccc(C[PH](c2ccccc2)(c2ccccc2)c2ccccc2)c(F)c1. The fraction of sp³-hybridized carbons (Fsp3) is 0.0741. The van der Waals surface area contributed by atoms with Crippen LogP contribution in [0.1, 0.15) is 15.9 Å². The summed E-state index contributed by atoms with van der Waals surface area (Å²) in [6, 6.07) is 35.8. The number of methoxy groups -OCH3 is 1. The molecule has 0 unspecified atom stereocenters. The van der Waals surface area contributed by atoms with Gasteiger partial charge in [-0.25, -0.2) is 0 Å². The van der Waals surface area contributed by atoms with Crippen molar-refractivity contribution >= 4 is 29.1 Å². The zero-order chi connectivity index (χ0) is 21.7. The molecule has 156 valence electrons. The number of ether oxygens (including phenoxy) is 1. The molecule has 0 bridgehead atoms. The molecule has 0 saturated heterocycles. The Morgan fingerprint density at radius 1 is 0.742 bits per heavy atom. The van der Waals surface area contributed by atoms with E-state index in [1.165, 1.54) is 29.1 Å². The molecule has 0 heterocycles. The average molecular weight is 430 g/mol. The summed E-state index contributed by atoms with van der Waals surface area (Å²) in [5.41, 5.74) is 0.811. The second-order valence-corrected chi connectivity index (χ2v) is 11.4. The van der Waals surface area contributed by atoms with Crippen molar-refractivity contribution in [3.8, 4) is 0 Å². The van der Waals surface area contributed by atoms with Crippen LogP contribution in [0, 0.1) is 5.82 Å². The molecule has 0 aliphatic carbocycles. The summed E-state index contributed by atoms with van der Waals surface area (Å²) in [6.45, 7) is 0. The van der Waals surface area contributed by atoms with Gasteiger partial charge >= 0.3 is 182 Å². The van der Waals surface area contributed by atoms with Gasteiger partial charge in [-0.1, -0.05) is 0 Å². The molecule has 4 aromatic carbocycles. The van der Waals surface area contributed by atoms with E-state index in [0.717, 1.165) is 0 Å². The van der Waals surface area contributed by atoms with Gasteiger partial charge in [-0.05, 0) is 0 Å². The molecule has 0 aromatic heterocycles. The van der Waals surface area contributed by atoms with Gasteiger partial charge in [-0.2, -0.15) is 0 Å². The van der Waals surface area contributed by atoms with Gasteiger partial charge < -0.3 is 0 Å². The van der Waals surface area contributed by atoms with Crippen LogP contribution >= 0.6 is 7.26 Å². The molecule has 31 heavy (non-hydrogen) atoms. The van der Waals surface area contributed by atoms with E-state index in [0.29, 0.717) is 11.7 Å². The van der Waals surface area contributed by atoms with Crippen LogP contribution in [0.2, 0.25) is 0 Å². The Bertz CT molecular complexity index is 1070. The second-order valence-electron chi connectivity index (χ2n) is 7.48. The number of hydrogen-bond acceptors (Lipinski definition) is 2. The summed E-state index contributed by atoms with van der Waals surface area (Å²) in [7, 11) is -1.31. The normalized spacial score (nSPS) is 11.7. The van der Waals surface area contributed by atoms with E-state index in [1.54, 1.807) is 12.1 Å². The second kappa shape index (κ2) is 9.24. The number of esters is 1. The Morgan fingerprint density at radius 3 is 1.58 bits per heavy atom. The van der Waals surface area contributed by atoms with E-state index >= 15 is 4.39 Å². The Kier molecular flexibility index (Phi) is 6.25. The predicted molar refractivity (Wildman–Crippen MR) is 128 cm³/mol. The minimum atomic E-state index is -2.61. The van der Waals surface area contributed by atoms with Gasteiger partial charge in [-0.15, -0.1) is 0 Å². The molecule has 0 radical (unpaired) electrons. The molecule has 0 aliphatic heterocycles. The van der Waals surface area contributed by atoms with Crippen molar-refractivity contribution in [2.24, 2.45) is 0 Å². The number of halogens is 1. The maximum atomic E-state index is 15.2. The van der Waals surface area contributed by atoms with Gasteiger partial charge in [0, 0.05) is 0 Å². The summed E-state index contributed by atoms with van der Waals surface area (Å²) >= 11 is 0. The van der Waals surface area contributed by atoms with E-state index in [9.17, 15) is 4.79 Å². The van der Waals surface area contributed by atoms with Gasteiger partial charge in [0.15, 0.2) is 0 Å². The molecule has 0 spiro atoms. The molecule has 0 N–H and O–H groups in total. The monoisotopic (exact) mass is 430 g/mol. The zero-order valence-corrected chi connectivity index (χ0v) is 18.3. The zero-order valence-electron chi connectivity index (χ0n) is 17.3. The number of benzene rings is 4. The van der Waals surface area contributed by atoms with Crippen molar-refractivity contribution in [3.63, 3.8) is 0 Å². The molecular formula is C27H24FO2P. The van der Waals surface area contributed by atoms with Gasteiger partial charge in [-0.3, -0.25) is 0 Å². The van der Waals surface area contributed by atoms with Crippen LogP contribution in [0.5, 0.6) is 0 Å². The molecule has 0 aliphatic rings. The maximum absolute atomic E-state index is 15.2. The summed E-state index contributed by atoms with van der Waals surface area (Å²) in [5.74, 6) is -0.925. The van der Waals surface area contributed by atoms with Crippen LogP contribution in [-0.2, 0) is 10.9 Å². The van der Waals surface area contributed by atoms with Crippen molar-refractivity contribution in [2.45, 2.75) is 6.16 Å². The topological polar surface area (TPSA) is 26.3 Å². The van der Waals surface area contributed by atoms with Crippen molar-refractivity contribution < 1.29 is 13.9 Å². The Morgan fingerprint density at radius 2 is 1.19 bits per heavy atom. The van der Waals surface area contributed by atoms with Crippen LogP contribution in [0.15, 0.2) is 109 Å². The average Bonchev–Trinajstić information content (AvgIpc) is 2.84. The first-order valence-corrected chi connectivity index (χ1v) is 12.4. The molecule has 2 nitrogen and oxygen atoms in total. The van der Waals surface area contributed by atoms with Crippen LogP contribution in [-0.4, -0.2) is 13.1 Å². The number of rotatable bonds is 6. The van der Waals surface area contributed by atoms with Gasteiger partial charge in [0.05, 0.1) is 0 Å². The van der Waals surface area contributed by atoms with Crippen molar-refractivity contribution in [3.05, 3.63) is 126 Å². The molecule has 0 fully saturated rings. The third-order valence-corrected chi connectivity index (χ3v) is 10.6. The van der Waals surface area contributed by atoms with Crippen molar-refractivity contribution in [1.29, 1.82) is 0 Å². The Hall–Kier alpha value is -3.29. The molecule has 0 amide bonds. The number of carbonyl (C=O) groups is 1. The van der Waals surface area contributed by atoms with Crippen molar-refractivity contribution in [2.75, 3.05) is 7.11 Å². The van der Waals surface area contributed by atoms with Crippen LogP contribution in [0.3, 0.4) is 0 Å². The Balaban J connectivity index is 1.94. The standard InChI is InChI=1S/C27H24FO2P/c1-30-27(29)21-17-18-22(26(28)19-21)20-31(23-11-5-2-6-12-23,24-13-7-3-8-14-24)25-15-9-4-10-16-25/h2-19,31H,20H2,1H3.